The minimum atomic E-state index is -0.704. The maximum Gasteiger partial charge on any atom is 0.165 e. The molecule has 0 aliphatic heterocycles. The molecule has 18 heavy (non-hydrogen) atoms. The van der Waals surface area contributed by atoms with Crippen LogP contribution in [-0.4, -0.2) is 15.1 Å². The van der Waals surface area contributed by atoms with E-state index in [2.05, 4.69) is 9.97 Å². The van der Waals surface area contributed by atoms with Crippen molar-refractivity contribution in [2.24, 2.45) is 0 Å². The highest BCUT2D eigenvalue weighted by atomic mass is 19.1. The Morgan fingerprint density at radius 1 is 1.22 bits per heavy atom. The predicted octanol–water partition coefficient (Wildman–Crippen LogP) is 2.69. The normalized spacial score (nSPS) is 10.9. The van der Waals surface area contributed by atoms with Gasteiger partial charge in [0, 0.05) is 17.3 Å². The molecule has 2 rings (SSSR count). The highest BCUT2D eigenvalue weighted by Gasteiger charge is 2.10. The molecule has 0 saturated carbocycles. The van der Waals surface area contributed by atoms with Crippen LogP contribution in [0.15, 0.2) is 24.3 Å². The summed E-state index contributed by atoms with van der Waals surface area (Å²) in [7, 11) is 0. The van der Waals surface area contributed by atoms with Gasteiger partial charge in [-0.2, -0.15) is 0 Å². The first kappa shape index (κ1) is 12.3. The Bertz CT molecular complexity index is 584. The summed E-state index contributed by atoms with van der Waals surface area (Å²) in [6.45, 7) is 3.98. The van der Waals surface area contributed by atoms with Gasteiger partial charge in [0.1, 0.15) is 5.82 Å². The topological polar surface area (TPSA) is 72.0 Å². The van der Waals surface area contributed by atoms with Crippen molar-refractivity contribution in [2.75, 3.05) is 5.73 Å². The molecule has 1 aromatic heterocycles. The lowest BCUT2D eigenvalue weighted by molar-refractivity contribution is 0.432. The van der Waals surface area contributed by atoms with Gasteiger partial charge in [-0.3, -0.25) is 0 Å². The molecule has 3 N–H and O–H groups in total. The number of aromatic hydroxyl groups is 1. The van der Waals surface area contributed by atoms with Crippen LogP contribution in [-0.2, 0) is 0 Å². The average Bonchev–Trinajstić information content (AvgIpc) is 2.31. The van der Waals surface area contributed by atoms with Gasteiger partial charge in [-0.15, -0.1) is 0 Å². The van der Waals surface area contributed by atoms with E-state index in [-0.39, 0.29) is 5.92 Å². The number of halogens is 1. The van der Waals surface area contributed by atoms with E-state index in [1.807, 2.05) is 13.8 Å². The Morgan fingerprint density at radius 2 is 1.94 bits per heavy atom. The standard InChI is InChI=1S/C13H14FN3O/c1-7(2)10-6-12(15)17-13(16-10)8-3-4-11(18)9(14)5-8/h3-7,18H,1-2H3,(H2,15,16,17). The molecule has 0 unspecified atom stereocenters. The predicted molar refractivity (Wildman–Crippen MR) is 67.6 cm³/mol. The molecule has 5 heteroatoms. The van der Waals surface area contributed by atoms with E-state index in [1.165, 1.54) is 12.1 Å². The molecule has 0 spiro atoms. The zero-order valence-corrected chi connectivity index (χ0v) is 10.2. The molecule has 94 valence electrons. The number of aromatic nitrogens is 2. The average molecular weight is 247 g/mol. The smallest absolute Gasteiger partial charge is 0.165 e. The minimum Gasteiger partial charge on any atom is -0.505 e. The molecule has 4 nitrogen and oxygen atoms in total. The summed E-state index contributed by atoms with van der Waals surface area (Å²) in [4.78, 5) is 8.41. The molecule has 1 heterocycles. The van der Waals surface area contributed by atoms with Crippen LogP contribution in [0.4, 0.5) is 10.2 Å². The number of rotatable bonds is 2. The van der Waals surface area contributed by atoms with Crippen molar-refractivity contribution in [3.05, 3.63) is 35.8 Å². The Balaban J connectivity index is 2.53. The lowest BCUT2D eigenvalue weighted by Crippen LogP contribution is -2.01. The number of anilines is 1. The van der Waals surface area contributed by atoms with Crippen LogP contribution in [0.2, 0.25) is 0 Å². The van der Waals surface area contributed by atoms with Crippen molar-refractivity contribution >= 4 is 5.82 Å². The van der Waals surface area contributed by atoms with Crippen LogP contribution in [0.3, 0.4) is 0 Å². The van der Waals surface area contributed by atoms with Crippen molar-refractivity contribution in [3.8, 4) is 17.1 Å². The zero-order chi connectivity index (χ0) is 13.3. The number of nitrogens with two attached hydrogens (primary N) is 1. The van der Waals surface area contributed by atoms with Gasteiger partial charge in [0.2, 0.25) is 0 Å². The number of nitrogens with zero attached hydrogens (tertiary/aromatic N) is 2. The van der Waals surface area contributed by atoms with Gasteiger partial charge in [-0.05, 0) is 24.1 Å². The molecular formula is C13H14FN3O. The highest BCUT2D eigenvalue weighted by Crippen LogP contribution is 2.24. The van der Waals surface area contributed by atoms with Crippen molar-refractivity contribution in [1.82, 2.24) is 9.97 Å². The van der Waals surface area contributed by atoms with E-state index in [0.29, 0.717) is 17.2 Å². The number of nitrogen functional groups attached to an aromatic ring is 1. The second-order valence-corrected chi connectivity index (χ2v) is 4.36. The van der Waals surface area contributed by atoms with Crippen LogP contribution in [0, 0.1) is 5.82 Å². The van der Waals surface area contributed by atoms with E-state index < -0.39 is 11.6 Å². The fourth-order valence-corrected chi connectivity index (χ4v) is 1.56. The minimum absolute atomic E-state index is 0.205. The molecule has 1 aromatic carbocycles. The Labute approximate surface area is 104 Å². The molecule has 2 aromatic rings. The monoisotopic (exact) mass is 247 g/mol. The molecule has 0 fully saturated rings. The Morgan fingerprint density at radius 3 is 2.56 bits per heavy atom. The van der Waals surface area contributed by atoms with Crippen molar-refractivity contribution in [3.63, 3.8) is 0 Å². The number of hydrogen-bond acceptors (Lipinski definition) is 4. The van der Waals surface area contributed by atoms with Gasteiger partial charge in [0.15, 0.2) is 17.4 Å². The van der Waals surface area contributed by atoms with E-state index in [1.54, 1.807) is 12.1 Å². The zero-order valence-electron chi connectivity index (χ0n) is 10.2. The second-order valence-electron chi connectivity index (χ2n) is 4.36. The third-order valence-corrected chi connectivity index (χ3v) is 2.56. The first-order valence-corrected chi connectivity index (χ1v) is 5.60. The maximum absolute atomic E-state index is 13.3. The van der Waals surface area contributed by atoms with Crippen LogP contribution in [0.1, 0.15) is 25.5 Å². The molecule has 0 atom stereocenters. The largest absolute Gasteiger partial charge is 0.505 e. The summed E-state index contributed by atoms with van der Waals surface area (Å²) in [5, 5.41) is 9.15. The van der Waals surface area contributed by atoms with Gasteiger partial charge < -0.3 is 10.8 Å². The third kappa shape index (κ3) is 2.40. The molecular weight excluding hydrogens is 233 g/mol. The lowest BCUT2D eigenvalue weighted by Gasteiger charge is -2.08. The summed E-state index contributed by atoms with van der Waals surface area (Å²) in [6, 6.07) is 5.71. The summed E-state index contributed by atoms with van der Waals surface area (Å²) in [5.74, 6) is -0.192. The number of phenolic OH excluding ortho intramolecular Hbond substituents is 1. The van der Waals surface area contributed by atoms with Crippen LogP contribution >= 0.6 is 0 Å². The van der Waals surface area contributed by atoms with Crippen molar-refractivity contribution in [2.45, 2.75) is 19.8 Å². The van der Waals surface area contributed by atoms with Gasteiger partial charge in [-0.1, -0.05) is 13.8 Å². The molecule has 0 radical (unpaired) electrons. The summed E-state index contributed by atoms with van der Waals surface area (Å²) < 4.78 is 13.3. The molecule has 0 aliphatic carbocycles. The van der Waals surface area contributed by atoms with E-state index in [4.69, 9.17) is 10.8 Å². The highest BCUT2D eigenvalue weighted by molar-refractivity contribution is 5.58. The quantitative estimate of drug-likeness (QED) is 0.855. The second kappa shape index (κ2) is 4.60. The first-order valence-electron chi connectivity index (χ1n) is 5.60. The Hall–Kier alpha value is -2.17. The lowest BCUT2D eigenvalue weighted by atomic mass is 10.1. The fourth-order valence-electron chi connectivity index (χ4n) is 1.56. The molecule has 0 amide bonds. The van der Waals surface area contributed by atoms with Crippen LogP contribution < -0.4 is 5.73 Å². The van der Waals surface area contributed by atoms with Crippen molar-refractivity contribution in [1.29, 1.82) is 0 Å². The fraction of sp³-hybridized carbons (Fsp3) is 0.231. The molecule has 0 aliphatic rings. The van der Waals surface area contributed by atoms with E-state index in [9.17, 15) is 4.39 Å². The number of phenols is 1. The third-order valence-electron chi connectivity index (χ3n) is 2.56. The van der Waals surface area contributed by atoms with Gasteiger partial charge in [-0.25, -0.2) is 14.4 Å². The SMILES string of the molecule is CC(C)c1cc(N)nc(-c2ccc(O)c(F)c2)n1. The van der Waals surface area contributed by atoms with Crippen LogP contribution in [0.25, 0.3) is 11.4 Å². The summed E-state index contributed by atoms with van der Waals surface area (Å²) in [6.07, 6.45) is 0. The Kier molecular flexibility index (Phi) is 3.14. The van der Waals surface area contributed by atoms with Gasteiger partial charge >= 0.3 is 0 Å². The number of hydrogen-bond donors (Lipinski definition) is 2. The van der Waals surface area contributed by atoms with Gasteiger partial charge in [0.25, 0.3) is 0 Å². The number of benzene rings is 1. The van der Waals surface area contributed by atoms with Crippen LogP contribution in [0.5, 0.6) is 5.75 Å². The molecule has 0 saturated heterocycles. The van der Waals surface area contributed by atoms with Gasteiger partial charge in [0.05, 0.1) is 0 Å². The summed E-state index contributed by atoms with van der Waals surface area (Å²) in [5.41, 5.74) is 6.99. The van der Waals surface area contributed by atoms with E-state index >= 15 is 0 Å². The summed E-state index contributed by atoms with van der Waals surface area (Å²) >= 11 is 0. The maximum atomic E-state index is 13.3. The van der Waals surface area contributed by atoms with E-state index in [0.717, 1.165) is 5.69 Å². The first-order chi connectivity index (χ1) is 8.47. The molecule has 0 bridgehead atoms. The van der Waals surface area contributed by atoms with Crippen molar-refractivity contribution < 1.29 is 9.50 Å².